The number of pyridine rings is 1. The minimum Gasteiger partial charge on any atom is -0.482 e. The van der Waals surface area contributed by atoms with Crippen LogP contribution in [0.5, 0.6) is 5.75 Å². The molecule has 0 bridgehead atoms. The zero-order valence-electron chi connectivity index (χ0n) is 22.2. The van der Waals surface area contributed by atoms with Crippen molar-refractivity contribution in [3.05, 3.63) is 69.6 Å². The molecule has 2 aliphatic rings. The first-order valence-electron chi connectivity index (χ1n) is 12.9. The number of anilines is 2. The number of rotatable bonds is 5. The molecule has 1 atom stereocenters. The van der Waals surface area contributed by atoms with E-state index < -0.39 is 22.9 Å². The molecule has 1 fully saturated rings. The first-order chi connectivity index (χ1) is 18.8. The molecule has 11 heteroatoms. The Morgan fingerprint density at radius 3 is 2.58 bits per heavy atom. The third-order valence-electron chi connectivity index (χ3n) is 7.65. The summed E-state index contributed by atoms with van der Waals surface area (Å²) < 4.78 is 20.1. The first-order valence-corrected chi connectivity index (χ1v) is 13.6. The Morgan fingerprint density at radius 2 is 1.90 bits per heavy atom. The number of nitrogens with zero attached hydrogens (tertiary/aromatic N) is 2. The number of amides is 2. The largest absolute Gasteiger partial charge is 0.482 e. The van der Waals surface area contributed by atoms with E-state index in [1.807, 2.05) is 18.2 Å². The third kappa shape index (κ3) is 4.87. The normalized spacial score (nSPS) is 17.0. The number of piperidine rings is 1. The third-order valence-corrected chi connectivity index (χ3v) is 8.36. The van der Waals surface area contributed by atoms with Crippen LogP contribution in [0, 0.1) is 5.82 Å². The average Bonchev–Trinajstić information content (AvgIpc) is 3.17. The molecule has 3 aromatic rings. The van der Waals surface area contributed by atoms with Crippen LogP contribution in [-0.4, -0.2) is 45.5 Å². The van der Waals surface area contributed by atoms with Gasteiger partial charge in [-0.15, -0.1) is 0 Å². The molecule has 0 saturated carbocycles. The number of ether oxygens (including phenoxy) is 1. The summed E-state index contributed by atoms with van der Waals surface area (Å²) in [6.45, 7) is 5.31. The Hall–Kier alpha value is -3.40. The molecular weight excluding hydrogens is 558 g/mol. The summed E-state index contributed by atoms with van der Waals surface area (Å²) in [5.74, 6) is -0.666. The Labute approximate surface area is 241 Å². The van der Waals surface area contributed by atoms with Crippen LogP contribution < -0.4 is 15.8 Å². The number of nitrogens with two attached hydrogens (primary N) is 1. The maximum absolute atomic E-state index is 14.1. The summed E-state index contributed by atoms with van der Waals surface area (Å²) >= 11 is 12.4. The van der Waals surface area contributed by atoms with E-state index in [1.165, 1.54) is 26.0 Å². The highest BCUT2D eigenvalue weighted by Crippen LogP contribution is 2.47. The van der Waals surface area contributed by atoms with Crippen LogP contribution in [-0.2, 0) is 15.0 Å². The minimum atomic E-state index is -1.47. The van der Waals surface area contributed by atoms with Crippen molar-refractivity contribution in [3.63, 3.8) is 0 Å². The van der Waals surface area contributed by atoms with E-state index in [-0.39, 0.29) is 33.4 Å². The van der Waals surface area contributed by atoms with Crippen molar-refractivity contribution in [2.24, 2.45) is 0 Å². The molecule has 2 aliphatic heterocycles. The topological polar surface area (TPSA) is 118 Å². The van der Waals surface area contributed by atoms with Gasteiger partial charge in [0.25, 0.3) is 5.91 Å². The Balaban J connectivity index is 1.43. The van der Waals surface area contributed by atoms with Gasteiger partial charge in [0.15, 0.2) is 11.6 Å². The number of halogens is 3. The van der Waals surface area contributed by atoms with E-state index >= 15 is 0 Å². The Kier molecular flexibility index (Phi) is 7.18. The lowest BCUT2D eigenvalue weighted by Crippen LogP contribution is -2.53. The van der Waals surface area contributed by atoms with Gasteiger partial charge in [-0.25, -0.2) is 9.37 Å². The minimum absolute atomic E-state index is 0.105. The fraction of sp³-hybridized carbons (Fsp3) is 0.345. The van der Waals surface area contributed by atoms with E-state index in [1.54, 1.807) is 24.1 Å². The van der Waals surface area contributed by atoms with Gasteiger partial charge in [-0.3, -0.25) is 9.59 Å². The second kappa shape index (κ2) is 10.2. The summed E-state index contributed by atoms with van der Waals surface area (Å²) in [5.41, 5.74) is 7.19. The standard InChI is InChI=1S/C29H29Cl2FN4O4/c1-15(23-19(30)5-6-20(32)24(23)31)40-22-13-17(14-34-25(22)33)16-4-7-21-18(12-16)29(26(37)35-21)8-10-36(11-9-29)27(38)28(2,3)39/h4-7,12-15,39H,8-11H2,1-3H3,(H2,33,34)(H,35,37)/t15-/m1/s1. The van der Waals surface area contributed by atoms with Crippen LogP contribution in [0.2, 0.25) is 10.0 Å². The number of carbonyl (C=O) groups excluding carboxylic acids is 2. The number of nitrogen functional groups attached to an aromatic ring is 1. The van der Waals surface area contributed by atoms with Crippen LogP contribution in [0.3, 0.4) is 0 Å². The van der Waals surface area contributed by atoms with Crippen LogP contribution in [0.4, 0.5) is 15.9 Å². The average molecular weight is 587 g/mol. The Bertz CT molecular complexity index is 1520. The molecule has 4 N–H and O–H groups in total. The van der Waals surface area contributed by atoms with Gasteiger partial charge in [0.2, 0.25) is 5.91 Å². The first kappa shape index (κ1) is 28.1. The van der Waals surface area contributed by atoms with E-state index in [0.717, 1.165) is 16.8 Å². The van der Waals surface area contributed by atoms with E-state index in [9.17, 15) is 19.1 Å². The van der Waals surface area contributed by atoms with Crippen molar-refractivity contribution in [1.82, 2.24) is 9.88 Å². The number of hydrogen-bond acceptors (Lipinski definition) is 6. The van der Waals surface area contributed by atoms with Crippen LogP contribution in [0.15, 0.2) is 42.6 Å². The fourth-order valence-corrected chi connectivity index (χ4v) is 6.12. The SMILES string of the molecule is C[C@@H](Oc1cc(-c2ccc3c(c2)C2(CCN(C(=O)C(C)(C)O)CC2)C(=O)N3)cnc1N)c1c(Cl)ccc(F)c1Cl. The van der Waals surface area contributed by atoms with Crippen molar-refractivity contribution < 1.29 is 23.8 Å². The van der Waals surface area contributed by atoms with Gasteiger partial charge in [0.05, 0.1) is 10.4 Å². The lowest BCUT2D eigenvalue weighted by molar-refractivity contribution is -0.150. The molecule has 40 heavy (non-hydrogen) atoms. The Morgan fingerprint density at radius 1 is 1.20 bits per heavy atom. The molecule has 1 saturated heterocycles. The van der Waals surface area contributed by atoms with E-state index in [2.05, 4.69) is 10.3 Å². The lowest BCUT2D eigenvalue weighted by atomic mass is 9.73. The summed E-state index contributed by atoms with van der Waals surface area (Å²) in [7, 11) is 0. The number of nitrogens with one attached hydrogen (secondary N) is 1. The van der Waals surface area contributed by atoms with Gasteiger partial charge in [-0.2, -0.15) is 0 Å². The van der Waals surface area contributed by atoms with Crippen molar-refractivity contribution in [2.45, 2.75) is 50.7 Å². The maximum Gasteiger partial charge on any atom is 0.253 e. The van der Waals surface area contributed by atoms with Gasteiger partial charge in [-0.1, -0.05) is 29.3 Å². The molecule has 0 aliphatic carbocycles. The molecule has 210 valence electrons. The van der Waals surface area contributed by atoms with Gasteiger partial charge in [0, 0.05) is 41.1 Å². The molecule has 3 heterocycles. The predicted molar refractivity (Wildman–Crippen MR) is 152 cm³/mol. The highest BCUT2D eigenvalue weighted by molar-refractivity contribution is 6.36. The zero-order valence-corrected chi connectivity index (χ0v) is 23.7. The second-order valence-electron chi connectivity index (χ2n) is 10.8. The molecule has 1 aromatic heterocycles. The van der Waals surface area contributed by atoms with Crippen molar-refractivity contribution in [1.29, 1.82) is 0 Å². The second-order valence-corrected chi connectivity index (χ2v) is 11.6. The zero-order chi connectivity index (χ0) is 29.0. The van der Waals surface area contributed by atoms with Crippen LogP contribution in [0.1, 0.15) is 50.8 Å². The molecule has 2 amide bonds. The monoisotopic (exact) mass is 586 g/mol. The molecule has 1 spiro atoms. The highest BCUT2D eigenvalue weighted by Gasteiger charge is 2.49. The smallest absolute Gasteiger partial charge is 0.253 e. The van der Waals surface area contributed by atoms with Crippen molar-refractivity contribution in [2.75, 3.05) is 24.1 Å². The summed E-state index contributed by atoms with van der Waals surface area (Å²) in [4.78, 5) is 31.7. The summed E-state index contributed by atoms with van der Waals surface area (Å²) in [6.07, 6.45) is 1.74. The van der Waals surface area contributed by atoms with Crippen LogP contribution >= 0.6 is 23.2 Å². The molecule has 8 nitrogen and oxygen atoms in total. The number of aliphatic hydroxyl groups is 1. The molecule has 0 unspecified atom stereocenters. The number of benzene rings is 2. The highest BCUT2D eigenvalue weighted by atomic mass is 35.5. The van der Waals surface area contributed by atoms with Gasteiger partial charge >= 0.3 is 0 Å². The van der Waals surface area contributed by atoms with Gasteiger partial charge < -0.3 is 25.8 Å². The summed E-state index contributed by atoms with van der Waals surface area (Å²) in [6, 6.07) is 9.98. The fourth-order valence-electron chi connectivity index (χ4n) is 5.44. The predicted octanol–water partition coefficient (Wildman–Crippen LogP) is 5.50. The number of hydrogen-bond donors (Lipinski definition) is 3. The van der Waals surface area contributed by atoms with E-state index in [0.29, 0.717) is 37.1 Å². The quantitative estimate of drug-likeness (QED) is 0.340. The van der Waals surface area contributed by atoms with E-state index in [4.69, 9.17) is 33.7 Å². The number of likely N-dealkylation sites (tertiary alicyclic amines) is 1. The van der Waals surface area contributed by atoms with Crippen molar-refractivity contribution >= 4 is 46.5 Å². The molecule has 2 aromatic carbocycles. The maximum atomic E-state index is 14.1. The molecule has 0 radical (unpaired) electrons. The molecular formula is C29H29Cl2FN4O4. The number of fused-ring (bicyclic) bond motifs is 2. The van der Waals surface area contributed by atoms with Crippen molar-refractivity contribution in [3.8, 4) is 16.9 Å². The number of aromatic nitrogens is 1. The lowest BCUT2D eigenvalue weighted by Gasteiger charge is -2.39. The van der Waals surface area contributed by atoms with Crippen LogP contribution in [0.25, 0.3) is 11.1 Å². The van der Waals surface area contributed by atoms with Gasteiger partial charge in [-0.05, 0) is 75.1 Å². The summed E-state index contributed by atoms with van der Waals surface area (Å²) in [5, 5.41) is 13.3. The van der Waals surface area contributed by atoms with Gasteiger partial charge in [0.1, 0.15) is 17.5 Å². The molecule has 5 rings (SSSR count). The number of carbonyl (C=O) groups is 2.